The molecule has 0 heterocycles. The highest BCUT2D eigenvalue weighted by Crippen LogP contribution is 2.44. The molecule has 2 unspecified atom stereocenters. The van der Waals surface area contributed by atoms with Gasteiger partial charge in [-0.2, -0.15) is 0 Å². The Bertz CT molecular complexity index is 976. The lowest BCUT2D eigenvalue weighted by Gasteiger charge is -2.29. The van der Waals surface area contributed by atoms with Crippen LogP contribution in [0.5, 0.6) is 11.5 Å². The van der Waals surface area contributed by atoms with Crippen LogP contribution in [0, 0.1) is 0 Å². The molecule has 2 atom stereocenters. The highest BCUT2D eigenvalue weighted by atomic mass is 79.9. The molecule has 0 fully saturated rings. The lowest BCUT2D eigenvalue weighted by molar-refractivity contribution is -0.00503. The van der Waals surface area contributed by atoms with Gasteiger partial charge in [-0.05, 0) is 141 Å². The van der Waals surface area contributed by atoms with Gasteiger partial charge in [0.2, 0.25) is 0 Å². The molecule has 2 aromatic rings. The van der Waals surface area contributed by atoms with Crippen molar-refractivity contribution >= 4 is 95.6 Å². The predicted octanol–water partition coefficient (Wildman–Crippen LogP) is 11.0. The van der Waals surface area contributed by atoms with Crippen LogP contribution in [0.1, 0.15) is 66.5 Å². The van der Waals surface area contributed by atoms with Crippen LogP contribution < -0.4 is 9.47 Å². The minimum atomic E-state index is -0.301. The number of hydrogen-bond acceptors (Lipinski definition) is 4. The van der Waals surface area contributed by atoms with E-state index in [-0.39, 0.29) is 26.3 Å². The largest absolute Gasteiger partial charge is 0.490 e. The van der Waals surface area contributed by atoms with Gasteiger partial charge in [-0.3, -0.25) is 0 Å². The summed E-state index contributed by atoms with van der Waals surface area (Å²) in [4.78, 5) is 0.154. The molecule has 0 saturated heterocycles. The molecule has 0 amide bonds. The van der Waals surface area contributed by atoms with Crippen molar-refractivity contribution in [2.45, 2.75) is 81.7 Å². The Morgan fingerprint density at radius 3 is 1.08 bits per heavy atom. The fourth-order valence-electron chi connectivity index (χ4n) is 3.41. The molecule has 0 aliphatic rings. The normalized spacial score (nSPS) is 14.3. The van der Waals surface area contributed by atoms with Crippen molar-refractivity contribution in [3.63, 3.8) is 0 Å². The summed E-state index contributed by atoms with van der Waals surface area (Å²) in [5.74, 6) is 1.53. The zero-order valence-electron chi connectivity index (χ0n) is 23.7. The van der Waals surface area contributed by atoms with Gasteiger partial charge < -0.3 is 18.9 Å². The first-order chi connectivity index (χ1) is 17.8. The quantitative estimate of drug-likeness (QED) is 0.199. The van der Waals surface area contributed by atoms with Gasteiger partial charge in [0.25, 0.3) is 0 Å². The maximum absolute atomic E-state index is 6.14. The molecule has 2 aromatic carbocycles. The van der Waals surface area contributed by atoms with Crippen LogP contribution in [-0.4, -0.2) is 47.3 Å². The van der Waals surface area contributed by atoms with Crippen molar-refractivity contribution in [3.8, 4) is 11.5 Å². The standard InChI is InChI=1S/C29H38Br6O4/c1-27(2,3)38-15-19(30)13-36-25-21(32)9-17(10-22(25)33)29(7,8)18-11-23(34)26(24(35)12-18)37-14-20(31)16-39-28(4,5)6/h9-12,19-20H,13-16H2,1-8H3. The van der Waals surface area contributed by atoms with Crippen LogP contribution in [0.4, 0.5) is 0 Å². The molecule has 0 aliphatic carbocycles. The molecule has 220 valence electrons. The summed E-state index contributed by atoms with van der Waals surface area (Å²) in [6.07, 6.45) is 0. The second kappa shape index (κ2) is 15.0. The summed E-state index contributed by atoms with van der Waals surface area (Å²) >= 11 is 22.2. The maximum Gasteiger partial charge on any atom is 0.147 e. The number of rotatable bonds is 12. The number of benzene rings is 2. The number of hydrogen-bond donors (Lipinski definition) is 0. The van der Waals surface area contributed by atoms with E-state index < -0.39 is 0 Å². The van der Waals surface area contributed by atoms with Crippen LogP contribution in [-0.2, 0) is 14.9 Å². The molecular weight excluding hydrogens is 892 g/mol. The highest BCUT2D eigenvalue weighted by Gasteiger charge is 2.28. The zero-order chi connectivity index (χ0) is 29.8. The van der Waals surface area contributed by atoms with Crippen molar-refractivity contribution < 1.29 is 18.9 Å². The van der Waals surface area contributed by atoms with Crippen LogP contribution in [0.2, 0.25) is 0 Å². The highest BCUT2D eigenvalue weighted by molar-refractivity contribution is 9.11. The predicted molar refractivity (Wildman–Crippen MR) is 184 cm³/mol. The summed E-state index contributed by atoms with van der Waals surface area (Å²) in [5, 5.41) is 0. The molecule has 0 aliphatic heterocycles. The minimum Gasteiger partial charge on any atom is -0.490 e. The van der Waals surface area contributed by atoms with Gasteiger partial charge in [0.15, 0.2) is 0 Å². The smallest absolute Gasteiger partial charge is 0.147 e. The molecule has 0 bridgehead atoms. The third kappa shape index (κ3) is 11.8. The van der Waals surface area contributed by atoms with Crippen molar-refractivity contribution in [2.75, 3.05) is 26.4 Å². The molecule has 39 heavy (non-hydrogen) atoms. The Balaban J connectivity index is 2.16. The van der Waals surface area contributed by atoms with Crippen molar-refractivity contribution in [3.05, 3.63) is 53.3 Å². The zero-order valence-corrected chi connectivity index (χ0v) is 33.2. The second-order valence-electron chi connectivity index (χ2n) is 11.8. The summed E-state index contributed by atoms with van der Waals surface area (Å²) in [5.41, 5.74) is 1.59. The monoisotopic (exact) mass is 924 g/mol. The first kappa shape index (κ1) is 36.0. The summed E-state index contributed by atoms with van der Waals surface area (Å²) < 4.78 is 27.5. The Morgan fingerprint density at radius 2 is 0.821 bits per heavy atom. The summed E-state index contributed by atoms with van der Waals surface area (Å²) in [7, 11) is 0. The molecular formula is C29H38Br6O4. The minimum absolute atomic E-state index is 0.0768. The van der Waals surface area contributed by atoms with E-state index in [1.54, 1.807) is 0 Å². The lowest BCUT2D eigenvalue weighted by atomic mass is 9.78. The Labute approximate surface area is 284 Å². The Kier molecular flexibility index (Phi) is 13.9. The van der Waals surface area contributed by atoms with Crippen LogP contribution in [0.15, 0.2) is 42.2 Å². The van der Waals surface area contributed by atoms with Gasteiger partial charge in [0, 0.05) is 5.41 Å². The molecule has 0 saturated carbocycles. The van der Waals surface area contributed by atoms with Gasteiger partial charge >= 0.3 is 0 Å². The topological polar surface area (TPSA) is 36.9 Å². The third-order valence-electron chi connectivity index (χ3n) is 5.65. The van der Waals surface area contributed by atoms with Gasteiger partial charge in [0.05, 0.1) is 52.0 Å². The molecule has 0 N–H and O–H groups in total. The number of alkyl halides is 2. The Morgan fingerprint density at radius 1 is 0.538 bits per heavy atom. The van der Waals surface area contributed by atoms with Gasteiger partial charge in [-0.25, -0.2) is 0 Å². The van der Waals surface area contributed by atoms with E-state index >= 15 is 0 Å². The summed E-state index contributed by atoms with van der Waals surface area (Å²) in [6.45, 7) is 18.8. The third-order valence-corrected chi connectivity index (χ3v) is 9.06. The van der Waals surface area contributed by atoms with Crippen molar-refractivity contribution in [2.24, 2.45) is 0 Å². The Hall–Kier alpha value is 0.840. The molecule has 4 nitrogen and oxygen atoms in total. The van der Waals surface area contributed by atoms with Crippen molar-refractivity contribution in [1.29, 1.82) is 0 Å². The molecule has 10 heteroatoms. The van der Waals surface area contributed by atoms with E-state index in [1.807, 2.05) is 41.5 Å². The van der Waals surface area contributed by atoms with E-state index in [4.69, 9.17) is 18.9 Å². The van der Waals surface area contributed by atoms with Crippen molar-refractivity contribution in [1.82, 2.24) is 0 Å². The lowest BCUT2D eigenvalue weighted by Crippen LogP contribution is -2.26. The van der Waals surface area contributed by atoms with Crippen LogP contribution >= 0.6 is 95.6 Å². The van der Waals surface area contributed by atoms with E-state index in [0.29, 0.717) is 26.4 Å². The van der Waals surface area contributed by atoms with Gasteiger partial charge in [0.1, 0.15) is 24.7 Å². The van der Waals surface area contributed by atoms with Crippen LogP contribution in [0.25, 0.3) is 0 Å². The first-order valence-corrected chi connectivity index (χ1v) is 17.6. The first-order valence-electron chi connectivity index (χ1n) is 12.6. The van der Waals surface area contributed by atoms with Gasteiger partial charge in [-0.1, -0.05) is 45.7 Å². The van der Waals surface area contributed by atoms with E-state index in [2.05, 4.69) is 134 Å². The molecule has 0 aromatic heterocycles. The average Bonchev–Trinajstić information content (AvgIpc) is 2.79. The molecule has 2 rings (SSSR count). The maximum atomic E-state index is 6.14. The molecule has 0 spiro atoms. The number of halogens is 6. The fraction of sp³-hybridized carbons (Fsp3) is 0.586. The average molecular weight is 930 g/mol. The van der Waals surface area contributed by atoms with E-state index in [1.165, 1.54) is 0 Å². The van der Waals surface area contributed by atoms with E-state index in [9.17, 15) is 0 Å². The second-order valence-corrected chi connectivity index (χ2v) is 17.8. The fourth-order valence-corrected chi connectivity index (χ4v) is 6.77. The molecule has 0 radical (unpaired) electrons. The SMILES string of the molecule is CC(C)(C)OCC(Br)COc1c(Br)cc(C(C)(C)c2cc(Br)c(OCC(Br)COC(C)(C)C)c(Br)c2)cc1Br. The van der Waals surface area contributed by atoms with Crippen LogP contribution in [0.3, 0.4) is 0 Å². The van der Waals surface area contributed by atoms with Gasteiger partial charge in [-0.15, -0.1) is 0 Å². The number of ether oxygens (including phenoxy) is 4. The summed E-state index contributed by atoms with van der Waals surface area (Å²) in [6, 6.07) is 8.47. The van der Waals surface area contributed by atoms with E-state index in [0.717, 1.165) is 40.5 Å².